The quantitative estimate of drug-likeness (QED) is 0.184. The number of allylic oxidation sites excluding steroid dienone is 1. The molecule has 0 amide bonds. The van der Waals surface area contributed by atoms with Crippen LogP contribution in [0.2, 0.25) is 0 Å². The number of aldehydes is 1. The maximum atomic E-state index is 13.7. The standard InChI is InChI=1S/C34H52O9/c1-8-9-10-20(5)29(37)43-28-26(36)30(42-21(6)27(28)40-7)41-17-33-15-23-19(4)11-12-24(23)32(16-35)14-22(33)13-25(18(2)3)34(32,33)31(38)39/h13,16,18-24,26-28,30,36H,8-12,14-15,17H2,1-7H3,(H,38,39)/t19-,20?,21-,22?,23-,24-,26+,27-,28+,30-,32+,33?,34+/m1/s1. The second-order valence-corrected chi connectivity index (χ2v) is 14.6. The first-order valence-corrected chi connectivity index (χ1v) is 16.5. The molecule has 0 aromatic heterocycles. The van der Waals surface area contributed by atoms with Crippen LogP contribution < -0.4 is 0 Å². The van der Waals surface area contributed by atoms with Crippen molar-refractivity contribution in [1.29, 1.82) is 0 Å². The van der Waals surface area contributed by atoms with Gasteiger partial charge in [0.25, 0.3) is 0 Å². The highest BCUT2D eigenvalue weighted by Crippen LogP contribution is 2.82. The molecule has 242 valence electrons. The summed E-state index contributed by atoms with van der Waals surface area (Å²) in [6.07, 6.45) is 3.89. The number of unbranched alkanes of at least 4 members (excludes halogenated alkanes) is 1. The lowest BCUT2D eigenvalue weighted by Gasteiger charge is -2.58. The average molecular weight is 605 g/mol. The van der Waals surface area contributed by atoms with E-state index in [4.69, 9.17) is 18.9 Å². The third kappa shape index (κ3) is 4.50. The Labute approximate surface area is 256 Å². The monoisotopic (exact) mass is 604 g/mol. The lowest BCUT2D eigenvalue weighted by molar-refractivity contribution is -0.309. The molecule has 13 atom stereocenters. The van der Waals surface area contributed by atoms with Crippen molar-refractivity contribution in [3.05, 3.63) is 11.6 Å². The number of rotatable bonds is 12. The third-order valence-electron chi connectivity index (χ3n) is 12.3. The minimum Gasteiger partial charge on any atom is -0.481 e. The van der Waals surface area contributed by atoms with E-state index in [1.165, 1.54) is 7.11 Å². The van der Waals surface area contributed by atoms with E-state index in [-0.39, 0.29) is 36.2 Å². The largest absolute Gasteiger partial charge is 0.481 e. The van der Waals surface area contributed by atoms with Gasteiger partial charge in [-0.3, -0.25) is 9.59 Å². The predicted octanol–water partition coefficient (Wildman–Crippen LogP) is 4.79. The summed E-state index contributed by atoms with van der Waals surface area (Å²) in [6, 6.07) is 0. The molecule has 2 N–H and O–H groups in total. The summed E-state index contributed by atoms with van der Waals surface area (Å²) in [5.41, 5.74) is -2.41. The summed E-state index contributed by atoms with van der Waals surface area (Å²) in [4.78, 5) is 40.0. The summed E-state index contributed by atoms with van der Waals surface area (Å²) in [5.74, 6) is -1.24. The van der Waals surface area contributed by atoms with Crippen molar-refractivity contribution in [2.45, 2.75) is 117 Å². The van der Waals surface area contributed by atoms with E-state index in [1.54, 1.807) is 6.92 Å². The van der Waals surface area contributed by atoms with E-state index < -0.39 is 58.9 Å². The molecule has 1 heterocycles. The second-order valence-electron chi connectivity index (χ2n) is 14.6. The molecule has 0 spiro atoms. The van der Waals surface area contributed by atoms with Gasteiger partial charge in [0.1, 0.15) is 23.9 Å². The first-order chi connectivity index (χ1) is 20.4. The highest BCUT2D eigenvalue weighted by molar-refractivity contribution is 5.90. The van der Waals surface area contributed by atoms with Crippen LogP contribution in [0.3, 0.4) is 0 Å². The number of carbonyl (C=O) groups is 3. The van der Waals surface area contributed by atoms with Crippen molar-refractivity contribution < 1.29 is 43.5 Å². The zero-order valence-electron chi connectivity index (χ0n) is 26.9. The number of methoxy groups -OCH3 is 1. The van der Waals surface area contributed by atoms with Gasteiger partial charge in [0.05, 0.1) is 24.0 Å². The molecule has 4 fully saturated rings. The molecule has 5 rings (SSSR count). The molecule has 0 aromatic rings. The normalized spacial score (nSPS) is 45.5. The Morgan fingerprint density at radius 2 is 1.88 bits per heavy atom. The molecule has 9 heteroatoms. The molecule has 9 nitrogen and oxygen atoms in total. The number of carboxylic acid groups (broad SMARTS) is 1. The topological polar surface area (TPSA) is 129 Å². The summed E-state index contributed by atoms with van der Waals surface area (Å²) < 4.78 is 24.1. The Morgan fingerprint density at radius 1 is 1.16 bits per heavy atom. The number of carbonyl (C=O) groups excluding carboxylic acids is 2. The van der Waals surface area contributed by atoms with Gasteiger partial charge in [-0.25, -0.2) is 0 Å². The van der Waals surface area contributed by atoms with Crippen LogP contribution in [0.1, 0.15) is 86.5 Å². The Balaban J connectivity index is 1.47. The zero-order valence-corrected chi connectivity index (χ0v) is 26.9. The Bertz CT molecular complexity index is 1120. The van der Waals surface area contributed by atoms with E-state index in [2.05, 4.69) is 19.9 Å². The first-order valence-electron chi connectivity index (χ1n) is 16.5. The molecular formula is C34H52O9. The number of hydrogen-bond acceptors (Lipinski definition) is 8. The van der Waals surface area contributed by atoms with Crippen LogP contribution in [-0.2, 0) is 33.3 Å². The maximum Gasteiger partial charge on any atom is 0.315 e. The summed E-state index contributed by atoms with van der Waals surface area (Å²) in [7, 11) is 1.49. The van der Waals surface area contributed by atoms with Gasteiger partial charge in [-0.2, -0.15) is 0 Å². The fourth-order valence-corrected chi connectivity index (χ4v) is 10.3. The molecule has 5 aliphatic rings. The second kappa shape index (κ2) is 11.8. The number of aliphatic carboxylic acids is 1. The number of hydrogen-bond donors (Lipinski definition) is 2. The predicted molar refractivity (Wildman–Crippen MR) is 158 cm³/mol. The molecule has 3 saturated carbocycles. The smallest absolute Gasteiger partial charge is 0.315 e. The highest BCUT2D eigenvalue weighted by atomic mass is 16.7. The van der Waals surface area contributed by atoms with Crippen molar-refractivity contribution in [3.8, 4) is 0 Å². The third-order valence-corrected chi connectivity index (χ3v) is 12.3. The number of ether oxygens (including phenoxy) is 4. The molecule has 0 radical (unpaired) electrons. The fraction of sp³-hybridized carbons (Fsp3) is 0.853. The van der Waals surface area contributed by atoms with Crippen molar-refractivity contribution in [3.63, 3.8) is 0 Å². The SMILES string of the molecule is CCCCC(C)C(=O)O[C@H]1[C@H](O)[C@H](OCC23C[C@@H]4[C@H](C)CC[C@H]4[C@@]4(C=O)CC2C=C(C(C)C)[C@@]34C(=O)O)O[C@H](C)[C@H]1OC. The molecule has 3 unspecified atom stereocenters. The number of esters is 1. The van der Waals surface area contributed by atoms with E-state index >= 15 is 0 Å². The number of carboxylic acids is 1. The zero-order chi connectivity index (χ0) is 31.5. The van der Waals surface area contributed by atoms with Gasteiger partial charge >= 0.3 is 11.9 Å². The van der Waals surface area contributed by atoms with E-state index in [0.717, 1.165) is 37.5 Å². The minimum absolute atomic E-state index is 0.0158. The molecular weight excluding hydrogens is 552 g/mol. The Hall–Kier alpha value is -1.81. The number of aliphatic hydroxyl groups excluding tert-OH is 1. The van der Waals surface area contributed by atoms with Crippen LogP contribution in [0.15, 0.2) is 11.6 Å². The average Bonchev–Trinajstić information content (AvgIpc) is 3.54. The van der Waals surface area contributed by atoms with Gasteiger partial charge in [-0.05, 0) is 62.2 Å². The van der Waals surface area contributed by atoms with Crippen LogP contribution >= 0.6 is 0 Å². The summed E-state index contributed by atoms with van der Waals surface area (Å²) in [6.45, 7) is 11.9. The summed E-state index contributed by atoms with van der Waals surface area (Å²) in [5, 5.41) is 22.7. The van der Waals surface area contributed by atoms with Crippen molar-refractivity contribution in [2.24, 2.45) is 51.8 Å². The molecule has 4 aliphatic carbocycles. The molecule has 43 heavy (non-hydrogen) atoms. The van der Waals surface area contributed by atoms with Crippen LogP contribution in [0.25, 0.3) is 0 Å². The summed E-state index contributed by atoms with van der Waals surface area (Å²) >= 11 is 0. The molecule has 1 saturated heterocycles. The van der Waals surface area contributed by atoms with Crippen molar-refractivity contribution in [2.75, 3.05) is 13.7 Å². The molecule has 4 bridgehead atoms. The van der Waals surface area contributed by atoms with Gasteiger partial charge in [0.15, 0.2) is 12.4 Å². The van der Waals surface area contributed by atoms with Gasteiger partial charge in [0, 0.05) is 12.5 Å². The maximum absolute atomic E-state index is 13.7. The van der Waals surface area contributed by atoms with Crippen LogP contribution in [-0.4, -0.2) is 72.9 Å². The lowest BCUT2D eigenvalue weighted by atomic mass is 9.43. The van der Waals surface area contributed by atoms with Crippen molar-refractivity contribution in [1.82, 2.24) is 0 Å². The lowest BCUT2D eigenvalue weighted by Crippen LogP contribution is -2.64. The Kier molecular flexibility index (Phi) is 8.97. The van der Waals surface area contributed by atoms with E-state index in [9.17, 15) is 24.6 Å². The highest BCUT2D eigenvalue weighted by Gasteiger charge is 2.84. The van der Waals surface area contributed by atoms with E-state index in [1.807, 2.05) is 20.8 Å². The molecule has 0 aromatic carbocycles. The number of fused-ring (bicyclic) bond motifs is 2. The minimum atomic E-state index is -1.38. The van der Waals surface area contributed by atoms with Gasteiger partial charge < -0.3 is 34.0 Å². The fourth-order valence-electron chi connectivity index (χ4n) is 10.3. The first kappa shape index (κ1) is 32.6. The van der Waals surface area contributed by atoms with Gasteiger partial charge in [-0.1, -0.05) is 65.5 Å². The van der Waals surface area contributed by atoms with Crippen LogP contribution in [0, 0.1) is 51.8 Å². The molecule has 1 aliphatic heterocycles. The van der Waals surface area contributed by atoms with Gasteiger partial charge in [0.2, 0.25) is 0 Å². The van der Waals surface area contributed by atoms with Crippen LogP contribution in [0.5, 0.6) is 0 Å². The van der Waals surface area contributed by atoms with E-state index in [0.29, 0.717) is 25.2 Å². The number of aliphatic hydroxyl groups is 1. The Morgan fingerprint density at radius 3 is 2.49 bits per heavy atom. The van der Waals surface area contributed by atoms with Crippen LogP contribution in [0.4, 0.5) is 0 Å². The van der Waals surface area contributed by atoms with Gasteiger partial charge in [-0.15, -0.1) is 0 Å². The van der Waals surface area contributed by atoms with Crippen molar-refractivity contribution >= 4 is 18.2 Å².